The van der Waals surface area contributed by atoms with Gasteiger partial charge in [-0.2, -0.15) is 0 Å². The van der Waals surface area contributed by atoms with Crippen molar-refractivity contribution in [3.63, 3.8) is 0 Å². The number of thioether (sulfide) groups is 1. The fraction of sp³-hybridized carbons (Fsp3) is 0.455. The van der Waals surface area contributed by atoms with E-state index in [4.69, 9.17) is 0 Å². The molecule has 3 heteroatoms. The van der Waals surface area contributed by atoms with Crippen molar-refractivity contribution < 1.29 is 4.39 Å². The summed E-state index contributed by atoms with van der Waals surface area (Å²) in [4.78, 5) is 1.21. The molecule has 0 bridgehead atoms. The molecule has 0 saturated carbocycles. The quantitative estimate of drug-likeness (QED) is 0.766. The van der Waals surface area contributed by atoms with Crippen molar-refractivity contribution >= 4 is 11.8 Å². The monoisotopic (exact) mass is 211 g/mol. The van der Waals surface area contributed by atoms with E-state index in [9.17, 15) is 4.39 Å². The van der Waals surface area contributed by atoms with E-state index >= 15 is 0 Å². The molecule has 1 heterocycles. The van der Waals surface area contributed by atoms with E-state index in [1.165, 1.54) is 11.0 Å². The molecule has 2 atom stereocenters. The van der Waals surface area contributed by atoms with Crippen LogP contribution in [0.25, 0.3) is 0 Å². The Labute approximate surface area is 88.1 Å². The van der Waals surface area contributed by atoms with Crippen molar-refractivity contribution in [1.82, 2.24) is 5.32 Å². The SMILES string of the molecule is CNC1c2cc(F)ccc2SCC1C. The zero-order chi connectivity index (χ0) is 10.1. The molecule has 1 aliphatic rings. The summed E-state index contributed by atoms with van der Waals surface area (Å²) < 4.78 is 13.1. The van der Waals surface area contributed by atoms with Crippen molar-refractivity contribution in [2.45, 2.75) is 17.9 Å². The van der Waals surface area contributed by atoms with E-state index in [1.54, 1.807) is 6.07 Å². The Morgan fingerprint density at radius 3 is 3.00 bits per heavy atom. The van der Waals surface area contributed by atoms with Crippen LogP contribution in [0.2, 0.25) is 0 Å². The minimum absolute atomic E-state index is 0.140. The van der Waals surface area contributed by atoms with E-state index in [2.05, 4.69) is 12.2 Å². The molecule has 1 aromatic rings. The highest BCUT2D eigenvalue weighted by atomic mass is 32.2. The lowest BCUT2D eigenvalue weighted by Gasteiger charge is -2.30. The number of hydrogen-bond donors (Lipinski definition) is 1. The van der Waals surface area contributed by atoms with Crippen LogP contribution in [0, 0.1) is 11.7 Å². The molecular weight excluding hydrogens is 197 g/mol. The van der Waals surface area contributed by atoms with Crippen LogP contribution < -0.4 is 5.32 Å². The Hall–Kier alpha value is -0.540. The fourth-order valence-corrected chi connectivity index (χ4v) is 3.11. The number of halogens is 1. The summed E-state index contributed by atoms with van der Waals surface area (Å²) in [7, 11) is 1.94. The minimum Gasteiger partial charge on any atom is -0.313 e. The molecule has 1 N–H and O–H groups in total. The average Bonchev–Trinajstić information content (AvgIpc) is 2.17. The van der Waals surface area contributed by atoms with Gasteiger partial charge in [0.1, 0.15) is 5.82 Å². The molecule has 1 aliphatic heterocycles. The Morgan fingerprint density at radius 2 is 2.29 bits per heavy atom. The van der Waals surface area contributed by atoms with E-state index < -0.39 is 0 Å². The van der Waals surface area contributed by atoms with Gasteiger partial charge >= 0.3 is 0 Å². The van der Waals surface area contributed by atoms with Gasteiger partial charge < -0.3 is 5.32 Å². The van der Waals surface area contributed by atoms with Gasteiger partial charge in [0.25, 0.3) is 0 Å². The molecule has 0 aliphatic carbocycles. The van der Waals surface area contributed by atoms with Crippen LogP contribution in [0.5, 0.6) is 0 Å². The summed E-state index contributed by atoms with van der Waals surface area (Å²) in [6, 6.07) is 5.36. The van der Waals surface area contributed by atoms with Crippen molar-refractivity contribution in [3.8, 4) is 0 Å². The molecule has 0 radical (unpaired) electrons. The van der Waals surface area contributed by atoms with E-state index in [0.717, 1.165) is 11.3 Å². The highest BCUT2D eigenvalue weighted by Gasteiger charge is 2.25. The normalized spacial score (nSPS) is 25.9. The molecule has 1 nitrogen and oxygen atoms in total. The fourth-order valence-electron chi connectivity index (χ4n) is 1.96. The molecule has 1 aromatic carbocycles. The lowest BCUT2D eigenvalue weighted by atomic mass is 9.95. The summed E-state index contributed by atoms with van der Waals surface area (Å²) in [5.74, 6) is 1.52. The topological polar surface area (TPSA) is 12.0 Å². The Kier molecular flexibility index (Phi) is 2.79. The number of benzene rings is 1. The maximum atomic E-state index is 13.1. The summed E-state index contributed by atoms with van der Waals surface area (Å²) in [5, 5.41) is 3.26. The number of nitrogens with one attached hydrogen (secondary N) is 1. The highest BCUT2D eigenvalue weighted by Crippen LogP contribution is 2.39. The standard InChI is InChI=1S/C11H14FNS/c1-7-6-14-10-4-3-8(12)5-9(10)11(7)13-2/h3-5,7,11,13H,6H2,1-2H3. The van der Waals surface area contributed by atoms with Crippen LogP contribution in [0.15, 0.2) is 23.1 Å². The summed E-state index contributed by atoms with van der Waals surface area (Å²) in [5.41, 5.74) is 1.11. The second-order valence-electron chi connectivity index (χ2n) is 3.74. The second-order valence-corrected chi connectivity index (χ2v) is 4.80. The second kappa shape index (κ2) is 3.91. The lowest BCUT2D eigenvalue weighted by Crippen LogP contribution is -2.28. The molecule has 76 valence electrons. The Morgan fingerprint density at radius 1 is 1.50 bits per heavy atom. The minimum atomic E-state index is -0.140. The first-order chi connectivity index (χ1) is 6.72. The predicted molar refractivity (Wildman–Crippen MR) is 58.1 cm³/mol. The zero-order valence-electron chi connectivity index (χ0n) is 8.38. The summed E-state index contributed by atoms with van der Waals surface area (Å²) in [6.07, 6.45) is 0. The number of fused-ring (bicyclic) bond motifs is 1. The van der Waals surface area contributed by atoms with Crippen molar-refractivity contribution in [2.24, 2.45) is 5.92 Å². The number of hydrogen-bond acceptors (Lipinski definition) is 2. The number of rotatable bonds is 1. The third kappa shape index (κ3) is 1.66. The first-order valence-corrected chi connectivity index (χ1v) is 5.80. The molecule has 0 fully saturated rings. The first-order valence-electron chi connectivity index (χ1n) is 4.82. The predicted octanol–water partition coefficient (Wildman–Crippen LogP) is 2.83. The van der Waals surface area contributed by atoms with Gasteiger partial charge in [-0.3, -0.25) is 0 Å². The van der Waals surface area contributed by atoms with Crippen LogP contribution in [-0.4, -0.2) is 12.8 Å². The molecule has 14 heavy (non-hydrogen) atoms. The molecule has 0 aromatic heterocycles. The maximum Gasteiger partial charge on any atom is 0.123 e. The smallest absolute Gasteiger partial charge is 0.123 e. The van der Waals surface area contributed by atoms with E-state index in [-0.39, 0.29) is 5.82 Å². The van der Waals surface area contributed by atoms with Crippen LogP contribution in [-0.2, 0) is 0 Å². The van der Waals surface area contributed by atoms with Crippen LogP contribution in [0.4, 0.5) is 4.39 Å². The van der Waals surface area contributed by atoms with Gasteiger partial charge in [0.15, 0.2) is 0 Å². The van der Waals surface area contributed by atoms with E-state index in [1.807, 2.05) is 24.9 Å². The van der Waals surface area contributed by atoms with Crippen molar-refractivity contribution in [3.05, 3.63) is 29.6 Å². The van der Waals surface area contributed by atoms with Gasteiger partial charge in [0.2, 0.25) is 0 Å². The average molecular weight is 211 g/mol. The lowest BCUT2D eigenvalue weighted by molar-refractivity contribution is 0.434. The molecule has 0 saturated heterocycles. The van der Waals surface area contributed by atoms with Gasteiger partial charge in [-0.1, -0.05) is 6.92 Å². The highest BCUT2D eigenvalue weighted by molar-refractivity contribution is 7.99. The van der Waals surface area contributed by atoms with Crippen molar-refractivity contribution in [2.75, 3.05) is 12.8 Å². The van der Waals surface area contributed by atoms with Gasteiger partial charge in [-0.15, -0.1) is 11.8 Å². The summed E-state index contributed by atoms with van der Waals surface area (Å²) in [6.45, 7) is 2.20. The molecule has 2 rings (SSSR count). The molecule has 0 amide bonds. The first kappa shape index (κ1) is 9.99. The van der Waals surface area contributed by atoms with E-state index in [0.29, 0.717) is 12.0 Å². The third-order valence-electron chi connectivity index (χ3n) is 2.69. The van der Waals surface area contributed by atoms with Crippen LogP contribution >= 0.6 is 11.8 Å². The van der Waals surface area contributed by atoms with Crippen LogP contribution in [0.3, 0.4) is 0 Å². The van der Waals surface area contributed by atoms with Gasteiger partial charge in [0, 0.05) is 16.7 Å². The van der Waals surface area contributed by atoms with Crippen LogP contribution in [0.1, 0.15) is 18.5 Å². The molecule has 0 spiro atoms. The third-order valence-corrected chi connectivity index (χ3v) is 4.06. The Balaban J connectivity index is 2.43. The van der Waals surface area contributed by atoms with Crippen molar-refractivity contribution in [1.29, 1.82) is 0 Å². The van der Waals surface area contributed by atoms with Gasteiger partial charge in [-0.05, 0) is 36.7 Å². The summed E-state index contributed by atoms with van der Waals surface area (Å²) >= 11 is 1.82. The maximum absolute atomic E-state index is 13.1. The molecule has 2 unspecified atom stereocenters. The largest absolute Gasteiger partial charge is 0.313 e. The van der Waals surface area contributed by atoms with Gasteiger partial charge in [0.05, 0.1) is 0 Å². The van der Waals surface area contributed by atoms with Gasteiger partial charge in [-0.25, -0.2) is 4.39 Å². The Bertz CT molecular complexity index is 340. The zero-order valence-corrected chi connectivity index (χ0v) is 9.20. The molecular formula is C11H14FNS.